The van der Waals surface area contributed by atoms with Crippen molar-refractivity contribution in [3.63, 3.8) is 0 Å². The minimum Gasteiger partial charge on any atom is -0.393 e. The molecule has 1 unspecified atom stereocenters. The molecule has 1 atom stereocenters. The van der Waals surface area contributed by atoms with E-state index in [9.17, 15) is 10.1 Å². The summed E-state index contributed by atoms with van der Waals surface area (Å²) in [6, 6.07) is 2.28. The fraction of sp³-hybridized carbons (Fsp3) is 0.471. The Hall–Kier alpha value is -0.530. The zero-order valence-electron chi connectivity index (χ0n) is 15.0. The van der Waals surface area contributed by atoms with E-state index < -0.39 is 4.75 Å². The van der Waals surface area contributed by atoms with Crippen LogP contribution < -0.4 is 11.1 Å². The van der Waals surface area contributed by atoms with Gasteiger partial charge in [0.15, 0.2) is 0 Å². The summed E-state index contributed by atoms with van der Waals surface area (Å²) < 4.78 is 0.0818. The zero-order valence-corrected chi connectivity index (χ0v) is 19.1. The first-order chi connectivity index (χ1) is 12.4. The molecule has 0 saturated carbocycles. The molecule has 0 aliphatic rings. The molecule has 0 aliphatic heterocycles. The van der Waals surface area contributed by atoms with Crippen molar-refractivity contribution in [3.05, 3.63) is 35.9 Å². The molecule has 26 heavy (non-hydrogen) atoms. The summed E-state index contributed by atoms with van der Waals surface area (Å²) in [5.41, 5.74) is 5.81. The van der Waals surface area contributed by atoms with Gasteiger partial charge in [0, 0.05) is 18.7 Å². The monoisotopic (exact) mass is 447 g/mol. The highest BCUT2D eigenvalue weighted by Crippen LogP contribution is 2.34. The number of thioether (sulfide) groups is 2. The second-order valence-corrected chi connectivity index (χ2v) is 11.5. The van der Waals surface area contributed by atoms with Gasteiger partial charge in [-0.05, 0) is 36.0 Å². The van der Waals surface area contributed by atoms with Crippen LogP contribution in [-0.4, -0.2) is 32.2 Å². The maximum absolute atomic E-state index is 12.0. The molecule has 4 nitrogen and oxygen atoms in total. The van der Waals surface area contributed by atoms with E-state index in [0.717, 1.165) is 15.0 Å². The van der Waals surface area contributed by atoms with Crippen molar-refractivity contribution < 1.29 is 4.79 Å². The van der Waals surface area contributed by atoms with Crippen LogP contribution in [0, 0.1) is 11.3 Å². The molecular weight excluding hydrogens is 423 g/mol. The highest BCUT2D eigenvalue weighted by atomic mass is 33.1. The number of amides is 1. The number of nitrogens with one attached hydrogen (secondary N) is 1. The van der Waals surface area contributed by atoms with Gasteiger partial charge in [-0.2, -0.15) is 5.26 Å². The van der Waals surface area contributed by atoms with Crippen molar-refractivity contribution in [2.75, 3.05) is 18.1 Å². The lowest BCUT2D eigenvalue weighted by atomic mass is 10.1. The molecule has 0 aromatic carbocycles. The van der Waals surface area contributed by atoms with E-state index in [-0.39, 0.29) is 5.91 Å². The van der Waals surface area contributed by atoms with Gasteiger partial charge in [-0.3, -0.25) is 4.79 Å². The molecule has 0 bridgehead atoms. The molecule has 0 aliphatic carbocycles. The predicted molar refractivity (Wildman–Crippen MR) is 126 cm³/mol. The summed E-state index contributed by atoms with van der Waals surface area (Å²) in [5, 5.41) is 12.9. The summed E-state index contributed by atoms with van der Waals surface area (Å²) in [6.45, 7) is 7.99. The van der Waals surface area contributed by atoms with Crippen molar-refractivity contribution in [1.29, 1.82) is 5.26 Å². The first-order valence-corrected chi connectivity index (χ1v) is 12.5. The highest BCUT2D eigenvalue weighted by molar-refractivity contribution is 8.78. The molecule has 3 N–H and O–H groups in total. The van der Waals surface area contributed by atoms with E-state index in [4.69, 9.17) is 18.0 Å². The molecule has 144 valence electrons. The number of carbonyl (C=O) groups excluding carboxylic acids is 1. The van der Waals surface area contributed by atoms with Gasteiger partial charge in [0.1, 0.15) is 8.28 Å². The number of nitrogens with two attached hydrogens (primary N) is 1. The maximum atomic E-state index is 12.0. The minimum atomic E-state index is -0.667. The Bertz CT molecular complexity index is 571. The Balaban J connectivity index is 4.03. The molecule has 0 rings (SSSR count). The maximum Gasteiger partial charge on any atom is 0.220 e. The average molecular weight is 448 g/mol. The van der Waals surface area contributed by atoms with Crippen LogP contribution >= 0.6 is 57.3 Å². The molecule has 0 saturated heterocycles. The Labute approximate surface area is 178 Å². The highest BCUT2D eigenvalue weighted by Gasteiger charge is 2.27. The van der Waals surface area contributed by atoms with Crippen molar-refractivity contribution >= 4 is 66.8 Å². The summed E-state index contributed by atoms with van der Waals surface area (Å²) in [5.74, 6) is 1.58. The predicted octanol–water partition coefficient (Wildman–Crippen LogP) is 4.86. The number of thiocarbonyl (C=S) groups is 1. The SMILES string of the molecule is C=C/C=C\C=C(/N)SSCCNC(=O)CCC(C)(C#N)SC(=S)SCC. The quantitative estimate of drug-likeness (QED) is 0.190. The standard InChI is InChI=1S/C17H25N3OS5/c1-4-6-7-8-14(19)26-24-12-11-20-15(21)9-10-17(3,13-18)25-16(22)23-5-2/h4,6-8H,1,5,9-12,19H2,2-3H3,(H,20,21)/b7-6-,14-8+. The van der Waals surface area contributed by atoms with Gasteiger partial charge in [-0.25, -0.2) is 0 Å². The average Bonchev–Trinajstić information content (AvgIpc) is 2.60. The van der Waals surface area contributed by atoms with Crippen molar-refractivity contribution in [2.45, 2.75) is 31.4 Å². The van der Waals surface area contributed by atoms with Crippen LogP contribution in [0.25, 0.3) is 0 Å². The van der Waals surface area contributed by atoms with Gasteiger partial charge in [0.25, 0.3) is 0 Å². The number of hydrogen-bond acceptors (Lipinski definition) is 8. The number of nitriles is 1. The molecule has 0 spiro atoms. The number of hydrogen-bond donors (Lipinski definition) is 2. The summed E-state index contributed by atoms with van der Waals surface area (Å²) in [7, 11) is 3.04. The first-order valence-electron chi connectivity index (χ1n) is 7.95. The van der Waals surface area contributed by atoms with Crippen molar-refractivity contribution in [2.24, 2.45) is 5.73 Å². The van der Waals surface area contributed by atoms with E-state index in [2.05, 4.69) is 18.0 Å². The Morgan fingerprint density at radius 2 is 2.19 bits per heavy atom. The van der Waals surface area contributed by atoms with Gasteiger partial charge < -0.3 is 11.1 Å². The third kappa shape index (κ3) is 13.6. The van der Waals surface area contributed by atoms with E-state index in [1.807, 2.05) is 19.9 Å². The van der Waals surface area contributed by atoms with E-state index >= 15 is 0 Å². The smallest absolute Gasteiger partial charge is 0.220 e. The Kier molecular flexibility index (Phi) is 15.2. The van der Waals surface area contributed by atoms with Crippen LogP contribution in [0.4, 0.5) is 0 Å². The molecule has 9 heteroatoms. The lowest BCUT2D eigenvalue weighted by Gasteiger charge is -2.20. The topological polar surface area (TPSA) is 78.9 Å². The van der Waals surface area contributed by atoms with Gasteiger partial charge >= 0.3 is 0 Å². The molecule has 0 aromatic rings. The number of allylic oxidation sites excluding steroid dienone is 4. The fourth-order valence-corrected chi connectivity index (χ4v) is 6.01. The zero-order chi connectivity index (χ0) is 19.8. The van der Waals surface area contributed by atoms with E-state index in [0.29, 0.717) is 24.4 Å². The first kappa shape index (κ1) is 25.5. The largest absolute Gasteiger partial charge is 0.393 e. The van der Waals surface area contributed by atoms with Crippen molar-refractivity contribution in [3.8, 4) is 6.07 Å². The number of nitrogens with zero attached hydrogens (tertiary/aromatic N) is 1. The van der Waals surface area contributed by atoms with Gasteiger partial charge in [-0.1, -0.05) is 66.5 Å². The lowest BCUT2D eigenvalue weighted by Crippen LogP contribution is -2.28. The number of carbonyl (C=O) groups is 1. The Morgan fingerprint density at radius 1 is 1.46 bits per heavy atom. The molecule has 0 fully saturated rings. The van der Waals surface area contributed by atoms with Gasteiger partial charge in [0.2, 0.25) is 5.91 Å². The van der Waals surface area contributed by atoms with Crippen LogP contribution in [0.2, 0.25) is 0 Å². The third-order valence-electron chi connectivity index (χ3n) is 2.81. The molecular formula is C17H25N3OS5. The fourth-order valence-electron chi connectivity index (χ4n) is 1.50. The third-order valence-corrected chi connectivity index (χ3v) is 7.70. The van der Waals surface area contributed by atoms with Crippen LogP contribution in [0.3, 0.4) is 0 Å². The van der Waals surface area contributed by atoms with Crippen molar-refractivity contribution in [1.82, 2.24) is 5.32 Å². The second kappa shape index (κ2) is 15.5. The van der Waals surface area contributed by atoms with Gasteiger partial charge in [-0.15, -0.1) is 11.8 Å². The molecule has 0 heterocycles. The summed E-state index contributed by atoms with van der Waals surface area (Å²) in [6.07, 6.45) is 7.90. The van der Waals surface area contributed by atoms with Crippen LogP contribution in [0.15, 0.2) is 35.9 Å². The van der Waals surface area contributed by atoms with E-state index in [1.54, 1.807) is 40.8 Å². The molecule has 0 radical (unpaired) electrons. The Morgan fingerprint density at radius 3 is 2.81 bits per heavy atom. The minimum absolute atomic E-state index is 0.0517. The van der Waals surface area contributed by atoms with Crippen LogP contribution in [0.1, 0.15) is 26.7 Å². The van der Waals surface area contributed by atoms with E-state index in [1.165, 1.54) is 22.6 Å². The van der Waals surface area contributed by atoms with Crippen LogP contribution in [0.5, 0.6) is 0 Å². The summed E-state index contributed by atoms with van der Waals surface area (Å²) >= 11 is 8.17. The normalized spacial score (nSPS) is 13.8. The second-order valence-electron chi connectivity index (χ2n) is 5.07. The lowest BCUT2D eigenvalue weighted by molar-refractivity contribution is -0.121. The summed E-state index contributed by atoms with van der Waals surface area (Å²) in [4.78, 5) is 12.0. The molecule has 1 amide bonds. The number of rotatable bonds is 12. The molecule has 0 aromatic heterocycles. The van der Waals surface area contributed by atoms with Crippen LogP contribution in [-0.2, 0) is 4.79 Å². The van der Waals surface area contributed by atoms with Gasteiger partial charge in [0.05, 0.1) is 11.1 Å².